The van der Waals surface area contributed by atoms with Gasteiger partial charge in [0.1, 0.15) is 0 Å². The van der Waals surface area contributed by atoms with Gasteiger partial charge in [0.2, 0.25) is 0 Å². The van der Waals surface area contributed by atoms with Crippen LogP contribution in [-0.4, -0.2) is 18.8 Å². The maximum atomic E-state index is 9.56. The molecule has 1 aromatic rings. The van der Waals surface area contributed by atoms with Crippen LogP contribution in [0.4, 0.5) is 0 Å². The van der Waals surface area contributed by atoms with Crippen LogP contribution >= 0.6 is 0 Å². The number of rotatable bonds is 5. The molecular weight excluding hydrogens is 192 g/mol. The minimum absolute atomic E-state index is 0.0784. The number of ether oxygens (including phenoxy) is 1. The smallest absolute Gasteiger partial charge is 0.160 e. The Bertz CT molecular complexity index is 315. The van der Waals surface area contributed by atoms with Gasteiger partial charge in [0.25, 0.3) is 0 Å². The van der Waals surface area contributed by atoms with Gasteiger partial charge in [-0.25, -0.2) is 0 Å². The molecule has 5 N–H and O–H groups in total. The summed E-state index contributed by atoms with van der Waals surface area (Å²) in [6.07, 6.45) is 1.70. The summed E-state index contributed by atoms with van der Waals surface area (Å²) in [6, 6.07) is 5.14. The fourth-order valence-corrected chi connectivity index (χ4v) is 1.44. The molecule has 4 heteroatoms. The lowest BCUT2D eigenvalue weighted by Crippen LogP contribution is -2.12. The van der Waals surface area contributed by atoms with E-state index < -0.39 is 0 Å². The number of methoxy groups -OCH3 is 1. The summed E-state index contributed by atoms with van der Waals surface area (Å²) in [4.78, 5) is 0. The van der Waals surface area contributed by atoms with Crippen molar-refractivity contribution in [3.05, 3.63) is 23.8 Å². The Morgan fingerprint density at radius 1 is 1.47 bits per heavy atom. The normalized spacial score (nSPS) is 12.5. The molecule has 0 amide bonds. The summed E-state index contributed by atoms with van der Waals surface area (Å²) < 4.78 is 4.95. The summed E-state index contributed by atoms with van der Waals surface area (Å²) in [5, 5.41) is 9.56. The molecule has 1 rings (SSSR count). The van der Waals surface area contributed by atoms with Gasteiger partial charge in [-0.15, -0.1) is 0 Å². The zero-order valence-electron chi connectivity index (χ0n) is 8.94. The third-order valence-electron chi connectivity index (χ3n) is 2.35. The average molecular weight is 210 g/mol. The van der Waals surface area contributed by atoms with Crippen LogP contribution in [0.1, 0.15) is 24.4 Å². The minimum Gasteiger partial charge on any atom is -0.504 e. The lowest BCUT2D eigenvalue weighted by molar-refractivity contribution is 0.372. The van der Waals surface area contributed by atoms with Crippen LogP contribution in [-0.2, 0) is 0 Å². The quantitative estimate of drug-likeness (QED) is 0.680. The Hall–Kier alpha value is -1.26. The number of aromatic hydroxyl groups is 1. The van der Waals surface area contributed by atoms with Crippen LogP contribution in [0, 0.1) is 0 Å². The molecule has 84 valence electrons. The molecular formula is C11H18N2O2. The number of hydrogen-bond acceptors (Lipinski definition) is 4. The second-order valence-electron chi connectivity index (χ2n) is 3.47. The first-order valence-corrected chi connectivity index (χ1v) is 5.01. The van der Waals surface area contributed by atoms with Crippen molar-refractivity contribution in [1.82, 2.24) is 0 Å². The Labute approximate surface area is 89.8 Å². The molecule has 0 aliphatic rings. The van der Waals surface area contributed by atoms with Gasteiger partial charge >= 0.3 is 0 Å². The van der Waals surface area contributed by atoms with E-state index in [1.165, 1.54) is 7.11 Å². The first-order valence-electron chi connectivity index (χ1n) is 5.01. The first kappa shape index (κ1) is 11.8. The summed E-state index contributed by atoms with van der Waals surface area (Å²) in [7, 11) is 1.52. The van der Waals surface area contributed by atoms with Crippen molar-refractivity contribution >= 4 is 0 Å². The molecule has 1 aromatic carbocycles. The van der Waals surface area contributed by atoms with Crippen LogP contribution in [0.15, 0.2) is 18.2 Å². The van der Waals surface area contributed by atoms with Crippen LogP contribution in [0.25, 0.3) is 0 Å². The zero-order chi connectivity index (χ0) is 11.3. The van der Waals surface area contributed by atoms with E-state index >= 15 is 0 Å². The largest absolute Gasteiger partial charge is 0.504 e. The van der Waals surface area contributed by atoms with Crippen molar-refractivity contribution in [1.29, 1.82) is 0 Å². The van der Waals surface area contributed by atoms with Crippen molar-refractivity contribution in [3.8, 4) is 11.5 Å². The molecule has 0 radical (unpaired) electrons. The zero-order valence-corrected chi connectivity index (χ0v) is 8.94. The standard InChI is InChI=1S/C11H18N2O2/c1-15-11-5-4-8(7-10(11)14)9(13)3-2-6-12/h4-5,7,9,14H,2-3,6,12-13H2,1H3/t9-/m0/s1. The summed E-state index contributed by atoms with van der Waals surface area (Å²) in [5.41, 5.74) is 12.2. The Morgan fingerprint density at radius 3 is 2.73 bits per heavy atom. The SMILES string of the molecule is COc1ccc([C@@H](N)CCCN)cc1O. The number of hydrogen-bond donors (Lipinski definition) is 3. The second-order valence-corrected chi connectivity index (χ2v) is 3.47. The lowest BCUT2D eigenvalue weighted by Gasteiger charge is -2.12. The van der Waals surface area contributed by atoms with Crippen molar-refractivity contribution in [2.24, 2.45) is 11.5 Å². The Kier molecular flexibility index (Phi) is 4.39. The van der Waals surface area contributed by atoms with E-state index in [0.717, 1.165) is 18.4 Å². The minimum atomic E-state index is -0.0784. The van der Waals surface area contributed by atoms with Gasteiger partial charge in [0, 0.05) is 6.04 Å². The molecule has 0 bridgehead atoms. The van der Waals surface area contributed by atoms with E-state index in [2.05, 4.69) is 0 Å². The van der Waals surface area contributed by atoms with Crippen molar-refractivity contribution < 1.29 is 9.84 Å². The van der Waals surface area contributed by atoms with Gasteiger partial charge in [-0.2, -0.15) is 0 Å². The number of nitrogens with two attached hydrogens (primary N) is 2. The summed E-state index contributed by atoms with van der Waals surface area (Å²) in [5.74, 6) is 0.586. The van der Waals surface area contributed by atoms with Gasteiger partial charge in [-0.05, 0) is 37.1 Å². The highest BCUT2D eigenvalue weighted by Crippen LogP contribution is 2.29. The van der Waals surface area contributed by atoms with Crippen molar-refractivity contribution in [2.45, 2.75) is 18.9 Å². The molecule has 1 atom stereocenters. The van der Waals surface area contributed by atoms with Crippen molar-refractivity contribution in [2.75, 3.05) is 13.7 Å². The molecule has 0 aromatic heterocycles. The van der Waals surface area contributed by atoms with E-state index in [9.17, 15) is 5.11 Å². The van der Waals surface area contributed by atoms with E-state index in [0.29, 0.717) is 12.3 Å². The van der Waals surface area contributed by atoms with Gasteiger partial charge in [0.05, 0.1) is 7.11 Å². The van der Waals surface area contributed by atoms with Gasteiger partial charge in [0.15, 0.2) is 11.5 Å². The Balaban J connectivity index is 2.73. The summed E-state index contributed by atoms with van der Waals surface area (Å²) >= 11 is 0. The maximum absolute atomic E-state index is 9.56. The average Bonchev–Trinajstić information content (AvgIpc) is 2.25. The van der Waals surface area contributed by atoms with Crippen LogP contribution in [0.5, 0.6) is 11.5 Å². The molecule has 0 saturated carbocycles. The van der Waals surface area contributed by atoms with Crippen LogP contribution in [0.2, 0.25) is 0 Å². The highest BCUT2D eigenvalue weighted by Gasteiger charge is 2.08. The molecule has 0 spiro atoms. The van der Waals surface area contributed by atoms with Gasteiger partial charge in [-0.3, -0.25) is 0 Å². The van der Waals surface area contributed by atoms with Crippen LogP contribution in [0.3, 0.4) is 0 Å². The highest BCUT2D eigenvalue weighted by molar-refractivity contribution is 5.42. The topological polar surface area (TPSA) is 81.5 Å². The summed E-state index contributed by atoms with van der Waals surface area (Å²) in [6.45, 7) is 0.635. The molecule has 0 aliphatic heterocycles. The molecule has 4 nitrogen and oxygen atoms in total. The van der Waals surface area contributed by atoms with E-state index in [1.54, 1.807) is 12.1 Å². The number of benzene rings is 1. The highest BCUT2D eigenvalue weighted by atomic mass is 16.5. The molecule has 0 saturated heterocycles. The fourth-order valence-electron chi connectivity index (χ4n) is 1.44. The second kappa shape index (κ2) is 5.58. The third-order valence-corrected chi connectivity index (χ3v) is 2.35. The number of phenolic OH excluding ortho intramolecular Hbond substituents is 1. The van der Waals surface area contributed by atoms with Crippen LogP contribution < -0.4 is 16.2 Å². The molecule has 0 fully saturated rings. The van der Waals surface area contributed by atoms with E-state index in [4.69, 9.17) is 16.2 Å². The molecule has 0 unspecified atom stereocenters. The van der Waals surface area contributed by atoms with E-state index in [1.807, 2.05) is 6.07 Å². The maximum Gasteiger partial charge on any atom is 0.160 e. The monoisotopic (exact) mass is 210 g/mol. The number of phenols is 1. The van der Waals surface area contributed by atoms with Gasteiger partial charge in [-0.1, -0.05) is 6.07 Å². The fraction of sp³-hybridized carbons (Fsp3) is 0.455. The lowest BCUT2D eigenvalue weighted by atomic mass is 10.0. The van der Waals surface area contributed by atoms with Gasteiger partial charge < -0.3 is 21.3 Å². The molecule has 0 heterocycles. The predicted octanol–water partition coefficient (Wildman–Crippen LogP) is 1.14. The van der Waals surface area contributed by atoms with E-state index in [-0.39, 0.29) is 11.8 Å². The molecule has 0 aliphatic carbocycles. The molecule has 15 heavy (non-hydrogen) atoms. The van der Waals surface area contributed by atoms with Crippen molar-refractivity contribution in [3.63, 3.8) is 0 Å². The predicted molar refractivity (Wildman–Crippen MR) is 59.9 cm³/mol. The third kappa shape index (κ3) is 3.11. The Morgan fingerprint density at radius 2 is 2.20 bits per heavy atom. The first-order chi connectivity index (χ1) is 7.19.